The molecule has 0 bridgehead atoms. The van der Waals surface area contributed by atoms with Crippen LogP contribution in [0.4, 0.5) is 0 Å². The minimum Gasteiger partial charge on any atom is -0.549 e. The van der Waals surface area contributed by atoms with Crippen molar-refractivity contribution in [1.29, 1.82) is 0 Å². The average Bonchev–Trinajstić information content (AvgIpc) is 2.57. The third-order valence-corrected chi connectivity index (χ3v) is 4.89. The summed E-state index contributed by atoms with van der Waals surface area (Å²) in [5.41, 5.74) is -0.00237. The molecule has 2 nitrogen and oxygen atoms in total. The van der Waals surface area contributed by atoms with E-state index in [1.54, 1.807) is 6.92 Å². The standard InChI is InChI=1S/C21H34O2.Li/c1-3-4-5-6-7-8-9-10-11-15-18-21(2,20(22)23)19-16-13-12-14-17-19;/h12-14,16-17H,3-11,15,18H2,1-2H3,(H,22,23);/q;+1/p-1. The molecule has 1 aromatic carbocycles. The second-order valence-electron chi connectivity index (χ2n) is 6.92. The van der Waals surface area contributed by atoms with Gasteiger partial charge in [-0.25, -0.2) is 0 Å². The third-order valence-electron chi connectivity index (χ3n) is 4.89. The molecule has 0 N–H and O–H groups in total. The van der Waals surface area contributed by atoms with Crippen molar-refractivity contribution in [1.82, 2.24) is 0 Å². The number of carbonyl (C=O) groups excluding carboxylic acids is 1. The number of hydrogen-bond donors (Lipinski definition) is 0. The Morgan fingerprint density at radius 1 is 0.875 bits per heavy atom. The zero-order valence-corrected chi connectivity index (χ0v) is 16.0. The van der Waals surface area contributed by atoms with Crippen LogP contribution in [0.25, 0.3) is 0 Å². The molecule has 0 saturated carbocycles. The predicted molar refractivity (Wildman–Crippen MR) is 95.3 cm³/mol. The van der Waals surface area contributed by atoms with Crippen molar-refractivity contribution in [2.24, 2.45) is 0 Å². The molecule has 1 unspecified atom stereocenters. The minimum absolute atomic E-state index is 0. The van der Waals surface area contributed by atoms with Gasteiger partial charge in [0.05, 0.1) is 5.97 Å². The van der Waals surface area contributed by atoms with Crippen molar-refractivity contribution in [3.05, 3.63) is 35.9 Å². The van der Waals surface area contributed by atoms with Gasteiger partial charge in [0.15, 0.2) is 0 Å². The molecule has 3 heteroatoms. The van der Waals surface area contributed by atoms with E-state index < -0.39 is 11.4 Å². The van der Waals surface area contributed by atoms with Crippen LogP contribution in [0.1, 0.15) is 90.0 Å². The van der Waals surface area contributed by atoms with Crippen LogP contribution in [-0.4, -0.2) is 5.97 Å². The zero-order valence-electron chi connectivity index (χ0n) is 16.0. The van der Waals surface area contributed by atoms with Crippen LogP contribution in [0, 0.1) is 0 Å². The van der Waals surface area contributed by atoms with Crippen LogP contribution in [0.3, 0.4) is 0 Å². The summed E-state index contributed by atoms with van der Waals surface area (Å²) in [6.07, 6.45) is 13.3. The molecule has 1 aromatic rings. The molecule has 0 aliphatic rings. The molecule has 0 aliphatic carbocycles. The predicted octanol–water partition coefficient (Wildman–Crippen LogP) is 2.01. The summed E-state index contributed by atoms with van der Waals surface area (Å²) < 4.78 is 0. The average molecular weight is 324 g/mol. The van der Waals surface area contributed by atoms with Crippen LogP contribution < -0.4 is 24.0 Å². The number of benzene rings is 1. The Morgan fingerprint density at radius 2 is 1.33 bits per heavy atom. The molecule has 1 atom stereocenters. The molecule has 0 aromatic heterocycles. The molecule has 0 fully saturated rings. The monoisotopic (exact) mass is 324 g/mol. The maximum absolute atomic E-state index is 11.6. The quantitative estimate of drug-likeness (QED) is 0.411. The molecule has 0 radical (unpaired) electrons. The Morgan fingerprint density at radius 3 is 1.79 bits per heavy atom. The SMILES string of the molecule is CCCCCCCCCCCCC(C)(C(=O)[O-])c1ccccc1.[Li+]. The van der Waals surface area contributed by atoms with Crippen molar-refractivity contribution in [3.63, 3.8) is 0 Å². The number of carboxylic acids is 1. The molecular formula is C21H33LiO2. The van der Waals surface area contributed by atoms with Crippen LogP contribution in [0.2, 0.25) is 0 Å². The van der Waals surface area contributed by atoms with E-state index in [0.29, 0.717) is 6.42 Å². The topological polar surface area (TPSA) is 40.1 Å². The number of aliphatic carboxylic acids is 1. The first-order chi connectivity index (χ1) is 11.1. The van der Waals surface area contributed by atoms with Gasteiger partial charge in [-0.05, 0) is 12.0 Å². The van der Waals surface area contributed by atoms with Crippen molar-refractivity contribution < 1.29 is 28.8 Å². The number of unbranched alkanes of at least 4 members (excludes halogenated alkanes) is 9. The summed E-state index contributed by atoms with van der Waals surface area (Å²) in [4.78, 5) is 11.6. The molecule has 0 saturated heterocycles. The van der Waals surface area contributed by atoms with Crippen LogP contribution >= 0.6 is 0 Å². The van der Waals surface area contributed by atoms with Crippen molar-refractivity contribution in [3.8, 4) is 0 Å². The Labute approximate surface area is 160 Å². The Kier molecular flexibility index (Phi) is 13.2. The van der Waals surface area contributed by atoms with Gasteiger partial charge >= 0.3 is 18.9 Å². The third kappa shape index (κ3) is 8.40. The number of hydrogen-bond acceptors (Lipinski definition) is 2. The van der Waals surface area contributed by atoms with Crippen molar-refractivity contribution in [2.75, 3.05) is 0 Å². The summed E-state index contributed by atoms with van der Waals surface area (Å²) in [7, 11) is 0. The largest absolute Gasteiger partial charge is 1.00 e. The van der Waals surface area contributed by atoms with Gasteiger partial charge in [0.25, 0.3) is 0 Å². The normalized spacial score (nSPS) is 13.1. The second kappa shape index (κ2) is 13.6. The summed E-state index contributed by atoms with van der Waals surface area (Å²) in [5, 5.41) is 11.6. The van der Waals surface area contributed by atoms with E-state index in [9.17, 15) is 9.90 Å². The molecule has 1 rings (SSSR count). The maximum atomic E-state index is 11.6. The van der Waals surface area contributed by atoms with Gasteiger partial charge in [0.1, 0.15) is 0 Å². The van der Waals surface area contributed by atoms with Crippen LogP contribution in [0.15, 0.2) is 30.3 Å². The minimum atomic E-state index is -0.959. The van der Waals surface area contributed by atoms with E-state index in [4.69, 9.17) is 0 Å². The summed E-state index contributed by atoms with van der Waals surface area (Å²) >= 11 is 0. The molecule has 130 valence electrons. The molecule has 0 heterocycles. The maximum Gasteiger partial charge on any atom is 1.00 e. The van der Waals surface area contributed by atoms with E-state index in [-0.39, 0.29) is 18.9 Å². The van der Waals surface area contributed by atoms with Crippen LogP contribution in [0.5, 0.6) is 0 Å². The molecule has 0 amide bonds. The van der Waals surface area contributed by atoms with E-state index >= 15 is 0 Å². The number of carbonyl (C=O) groups is 1. The van der Waals surface area contributed by atoms with Gasteiger partial charge in [-0.2, -0.15) is 0 Å². The van der Waals surface area contributed by atoms with Gasteiger partial charge in [-0.1, -0.05) is 108 Å². The Balaban J connectivity index is 0.00000529. The van der Waals surface area contributed by atoms with Crippen molar-refractivity contribution >= 4 is 5.97 Å². The van der Waals surface area contributed by atoms with E-state index in [1.807, 2.05) is 30.3 Å². The first kappa shape index (κ1) is 23.3. The summed E-state index contributed by atoms with van der Waals surface area (Å²) in [6, 6.07) is 9.50. The van der Waals surface area contributed by atoms with E-state index in [2.05, 4.69) is 6.92 Å². The molecule has 0 aliphatic heterocycles. The number of carboxylic acid groups (broad SMARTS) is 1. The Hall–Kier alpha value is -0.713. The van der Waals surface area contributed by atoms with E-state index in [1.165, 1.54) is 51.4 Å². The first-order valence-corrected chi connectivity index (χ1v) is 9.38. The van der Waals surface area contributed by atoms with Crippen molar-refractivity contribution in [2.45, 2.75) is 89.9 Å². The molecule has 0 spiro atoms. The number of rotatable bonds is 13. The van der Waals surface area contributed by atoms with Crippen LogP contribution in [-0.2, 0) is 10.2 Å². The zero-order chi connectivity index (χ0) is 17.0. The molecular weight excluding hydrogens is 291 g/mol. The van der Waals surface area contributed by atoms with Gasteiger partial charge in [-0.3, -0.25) is 0 Å². The smallest absolute Gasteiger partial charge is 0.549 e. The first-order valence-electron chi connectivity index (χ1n) is 9.38. The second-order valence-corrected chi connectivity index (χ2v) is 6.92. The van der Waals surface area contributed by atoms with E-state index in [0.717, 1.165) is 18.4 Å². The summed E-state index contributed by atoms with van der Waals surface area (Å²) in [6.45, 7) is 4.04. The van der Waals surface area contributed by atoms with Gasteiger partial charge in [0, 0.05) is 5.41 Å². The van der Waals surface area contributed by atoms with Gasteiger partial charge in [-0.15, -0.1) is 0 Å². The van der Waals surface area contributed by atoms with Gasteiger partial charge < -0.3 is 9.90 Å². The fraction of sp³-hybridized carbons (Fsp3) is 0.667. The van der Waals surface area contributed by atoms with Gasteiger partial charge in [0.2, 0.25) is 0 Å². The summed E-state index contributed by atoms with van der Waals surface area (Å²) in [5.74, 6) is -0.959. The fourth-order valence-electron chi connectivity index (χ4n) is 3.14. The Bertz CT molecular complexity index is 433. The fourth-order valence-corrected chi connectivity index (χ4v) is 3.14. The molecule has 24 heavy (non-hydrogen) atoms.